The molecule has 5 rings (SSSR count). The van der Waals surface area contributed by atoms with Crippen LogP contribution in [0, 0.1) is 11.8 Å². The van der Waals surface area contributed by atoms with Crippen molar-refractivity contribution in [2.24, 2.45) is 11.8 Å². The summed E-state index contributed by atoms with van der Waals surface area (Å²) in [5, 5.41) is 3.28. The van der Waals surface area contributed by atoms with E-state index in [2.05, 4.69) is 45.2 Å². The summed E-state index contributed by atoms with van der Waals surface area (Å²) in [6, 6.07) is 11.4. The Bertz CT molecular complexity index is 892. The van der Waals surface area contributed by atoms with Crippen LogP contribution < -0.4 is 20.9 Å². The number of hydrogen-bond donors (Lipinski definition) is 3. The van der Waals surface area contributed by atoms with Gasteiger partial charge in [-0.2, -0.15) is 0 Å². The molecule has 1 saturated carbocycles. The van der Waals surface area contributed by atoms with Crippen molar-refractivity contribution < 1.29 is 9.53 Å². The maximum Gasteiger partial charge on any atom is 0.318 e. The number of nitrogens with zero attached hydrogens (tertiary/aromatic N) is 3. The van der Waals surface area contributed by atoms with Gasteiger partial charge in [-0.05, 0) is 37.2 Å². The molecule has 2 aromatic rings. The van der Waals surface area contributed by atoms with Crippen LogP contribution in [0.2, 0.25) is 0 Å². The predicted octanol–water partition coefficient (Wildman–Crippen LogP) is 2.18. The molecule has 3 heterocycles. The fraction of sp³-hybridized carbons (Fsp3) is 0.500. The third-order valence-electron chi connectivity index (χ3n) is 6.96. The fourth-order valence-electron chi connectivity index (χ4n) is 5.28. The molecule has 0 radical (unpaired) electrons. The minimum Gasteiger partial charge on any atom is -0.467 e. The largest absolute Gasteiger partial charge is 0.467 e. The average molecular weight is 409 g/mol. The van der Waals surface area contributed by atoms with Gasteiger partial charge in [-0.15, -0.1) is 0 Å². The molecule has 3 aliphatic rings. The van der Waals surface area contributed by atoms with Gasteiger partial charge in [0.25, 0.3) is 0 Å². The lowest BCUT2D eigenvalue weighted by atomic mass is 9.71. The molecular formula is C22H28N6O2. The van der Waals surface area contributed by atoms with E-state index in [9.17, 15) is 4.79 Å². The zero-order valence-electron chi connectivity index (χ0n) is 17.3. The Morgan fingerprint density at radius 1 is 1.10 bits per heavy atom. The van der Waals surface area contributed by atoms with E-state index in [0.717, 1.165) is 30.5 Å². The second-order valence-electron chi connectivity index (χ2n) is 8.57. The number of carbonyl (C=O) groups excluding carboxylic acids is 1. The van der Waals surface area contributed by atoms with Crippen LogP contribution in [0.5, 0.6) is 6.01 Å². The molecule has 30 heavy (non-hydrogen) atoms. The quantitative estimate of drug-likeness (QED) is 0.718. The van der Waals surface area contributed by atoms with Gasteiger partial charge in [0.05, 0.1) is 19.2 Å². The van der Waals surface area contributed by atoms with Gasteiger partial charge < -0.3 is 15.0 Å². The molecule has 2 aliphatic heterocycles. The van der Waals surface area contributed by atoms with E-state index in [1.807, 2.05) is 35.5 Å². The third kappa shape index (κ3) is 3.40. The van der Waals surface area contributed by atoms with E-state index in [4.69, 9.17) is 4.74 Å². The highest BCUT2D eigenvalue weighted by atomic mass is 16.5. The first-order chi connectivity index (χ1) is 14.6. The zero-order chi connectivity index (χ0) is 20.7. The van der Waals surface area contributed by atoms with Crippen molar-refractivity contribution in [3.05, 3.63) is 53.9 Å². The second-order valence-corrected chi connectivity index (χ2v) is 8.57. The Morgan fingerprint density at radius 3 is 2.60 bits per heavy atom. The van der Waals surface area contributed by atoms with Crippen LogP contribution in [-0.2, 0) is 0 Å². The average Bonchev–Trinajstić information content (AvgIpc) is 3.20. The summed E-state index contributed by atoms with van der Waals surface area (Å²) < 4.78 is 5.09. The molecule has 0 bridgehead atoms. The first-order valence-electron chi connectivity index (χ1n) is 10.6. The Labute approximate surface area is 176 Å². The second kappa shape index (κ2) is 7.85. The highest BCUT2D eigenvalue weighted by molar-refractivity contribution is 5.76. The Morgan fingerprint density at radius 2 is 1.87 bits per heavy atom. The number of aromatic nitrogens is 2. The van der Waals surface area contributed by atoms with E-state index >= 15 is 0 Å². The first kappa shape index (κ1) is 19.3. The van der Waals surface area contributed by atoms with E-state index in [-0.39, 0.29) is 24.2 Å². The number of amides is 2. The molecule has 1 aromatic heterocycles. The molecule has 0 spiro atoms. The molecule has 2 saturated heterocycles. The number of carbonyl (C=O) groups is 1. The van der Waals surface area contributed by atoms with Gasteiger partial charge in [-0.1, -0.05) is 30.3 Å². The van der Waals surface area contributed by atoms with Crippen LogP contribution in [0.1, 0.15) is 43.0 Å². The van der Waals surface area contributed by atoms with Crippen molar-refractivity contribution in [3.8, 4) is 6.01 Å². The van der Waals surface area contributed by atoms with Gasteiger partial charge in [0.2, 0.25) is 0 Å². The normalized spacial score (nSPS) is 31.5. The van der Waals surface area contributed by atoms with Crippen molar-refractivity contribution in [2.45, 2.75) is 43.9 Å². The summed E-state index contributed by atoms with van der Waals surface area (Å²) >= 11 is 0. The number of urea groups is 1. The number of fused-ring (bicyclic) bond motifs is 2. The van der Waals surface area contributed by atoms with Crippen LogP contribution in [0.15, 0.2) is 42.7 Å². The SMILES string of the molecule is COc1ncc(C2NNC3CC4NC(=O)N([C@H](C)c5ccccc5)CC4CC32)cn1. The maximum atomic E-state index is 12.9. The number of methoxy groups -OCH3 is 1. The summed E-state index contributed by atoms with van der Waals surface area (Å²) in [6.45, 7) is 2.89. The fourth-order valence-corrected chi connectivity index (χ4v) is 5.28. The Balaban J connectivity index is 1.32. The summed E-state index contributed by atoms with van der Waals surface area (Å²) in [4.78, 5) is 23.4. The molecule has 3 N–H and O–H groups in total. The van der Waals surface area contributed by atoms with Crippen LogP contribution in [0.25, 0.3) is 0 Å². The lowest BCUT2D eigenvalue weighted by Crippen LogP contribution is -2.61. The van der Waals surface area contributed by atoms with Gasteiger partial charge in [0, 0.05) is 36.6 Å². The Hall–Kier alpha value is -2.71. The smallest absolute Gasteiger partial charge is 0.318 e. The highest BCUT2D eigenvalue weighted by Gasteiger charge is 2.48. The molecule has 8 nitrogen and oxygen atoms in total. The van der Waals surface area contributed by atoms with Gasteiger partial charge in [-0.3, -0.25) is 5.43 Å². The molecule has 8 heteroatoms. The van der Waals surface area contributed by atoms with E-state index in [1.165, 1.54) is 0 Å². The zero-order valence-corrected chi connectivity index (χ0v) is 17.3. The number of benzene rings is 1. The summed E-state index contributed by atoms with van der Waals surface area (Å²) in [6.07, 6.45) is 5.64. The van der Waals surface area contributed by atoms with Crippen molar-refractivity contribution in [1.82, 2.24) is 31.0 Å². The van der Waals surface area contributed by atoms with Crippen molar-refractivity contribution in [2.75, 3.05) is 13.7 Å². The lowest BCUT2D eigenvalue weighted by Gasteiger charge is -2.47. The standard InChI is InChI=1S/C22H28N6O2/c1-13(14-6-4-3-5-7-14)28-12-15-8-17-19(9-18(15)25-22(28)29)26-27-20(17)16-10-23-21(30-2)24-11-16/h3-7,10-11,13,15,17-20,26-27H,8-9,12H2,1-2H3,(H,25,29)/t13-,15?,17?,18?,19?,20?/m1/s1. The van der Waals surface area contributed by atoms with Gasteiger partial charge in [-0.25, -0.2) is 20.2 Å². The van der Waals surface area contributed by atoms with Crippen molar-refractivity contribution >= 4 is 6.03 Å². The molecule has 6 atom stereocenters. The molecule has 1 aromatic carbocycles. The van der Waals surface area contributed by atoms with Crippen LogP contribution >= 0.6 is 0 Å². The van der Waals surface area contributed by atoms with E-state index < -0.39 is 0 Å². The molecule has 5 unspecified atom stereocenters. The molecule has 158 valence electrons. The molecule has 2 amide bonds. The van der Waals surface area contributed by atoms with Crippen molar-refractivity contribution in [3.63, 3.8) is 0 Å². The number of ether oxygens (including phenoxy) is 1. The van der Waals surface area contributed by atoms with E-state index in [1.54, 1.807) is 7.11 Å². The summed E-state index contributed by atoms with van der Waals surface area (Å²) in [5.74, 6) is 0.839. The number of hydrazine groups is 1. The number of nitrogens with one attached hydrogen (secondary N) is 3. The van der Waals surface area contributed by atoms with E-state index in [0.29, 0.717) is 23.9 Å². The van der Waals surface area contributed by atoms with Gasteiger partial charge in [0.1, 0.15) is 0 Å². The summed E-state index contributed by atoms with van der Waals surface area (Å²) in [5.41, 5.74) is 9.10. The summed E-state index contributed by atoms with van der Waals surface area (Å²) in [7, 11) is 1.57. The molecule has 1 aliphatic carbocycles. The Kier molecular flexibility index (Phi) is 5.04. The molecular weight excluding hydrogens is 380 g/mol. The predicted molar refractivity (Wildman–Crippen MR) is 111 cm³/mol. The minimum absolute atomic E-state index is 0.0390. The topological polar surface area (TPSA) is 91.4 Å². The number of rotatable bonds is 4. The van der Waals surface area contributed by atoms with Crippen LogP contribution in [-0.4, -0.2) is 46.6 Å². The molecule has 3 fully saturated rings. The lowest BCUT2D eigenvalue weighted by molar-refractivity contribution is 0.0835. The van der Waals surface area contributed by atoms with Gasteiger partial charge >= 0.3 is 12.0 Å². The third-order valence-corrected chi connectivity index (χ3v) is 6.96. The maximum absolute atomic E-state index is 12.9. The van der Waals surface area contributed by atoms with Gasteiger partial charge in [0.15, 0.2) is 0 Å². The minimum atomic E-state index is 0.0390. The number of hydrogen-bond acceptors (Lipinski definition) is 6. The highest BCUT2D eigenvalue weighted by Crippen LogP contribution is 2.42. The van der Waals surface area contributed by atoms with Crippen molar-refractivity contribution in [1.29, 1.82) is 0 Å². The monoisotopic (exact) mass is 408 g/mol. The van der Waals surface area contributed by atoms with Crippen LogP contribution in [0.4, 0.5) is 4.79 Å². The van der Waals surface area contributed by atoms with Crippen LogP contribution in [0.3, 0.4) is 0 Å². The first-order valence-corrected chi connectivity index (χ1v) is 10.6.